The van der Waals surface area contributed by atoms with Crippen molar-refractivity contribution in [2.75, 3.05) is 13.7 Å². The van der Waals surface area contributed by atoms with Gasteiger partial charge in [0.15, 0.2) is 0 Å². The van der Waals surface area contributed by atoms with E-state index in [2.05, 4.69) is 0 Å². The van der Waals surface area contributed by atoms with Crippen LogP contribution in [0.15, 0.2) is 36.4 Å². The summed E-state index contributed by atoms with van der Waals surface area (Å²) in [6, 6.07) is 10.3. The van der Waals surface area contributed by atoms with Crippen LogP contribution in [-0.2, 0) is 22.6 Å². The van der Waals surface area contributed by atoms with Crippen LogP contribution >= 0.6 is 0 Å². The lowest BCUT2D eigenvalue weighted by atomic mass is 9.95. The minimum absolute atomic E-state index is 0.0968. The largest absolute Gasteiger partial charge is 0.496 e. The van der Waals surface area contributed by atoms with Crippen LogP contribution in [0.25, 0.3) is 11.1 Å². The van der Waals surface area contributed by atoms with E-state index in [9.17, 15) is 14.0 Å². The van der Waals surface area contributed by atoms with Crippen LogP contribution in [-0.4, -0.2) is 35.5 Å². The Bertz CT molecular complexity index is 892. The Labute approximate surface area is 163 Å². The smallest absolute Gasteiger partial charge is 0.307 e. The maximum Gasteiger partial charge on any atom is 0.307 e. The Kier molecular flexibility index (Phi) is 5.97. The van der Waals surface area contributed by atoms with Crippen LogP contribution in [0.4, 0.5) is 4.39 Å². The lowest BCUT2D eigenvalue weighted by molar-refractivity contribution is -0.136. The zero-order chi connectivity index (χ0) is 20.3. The number of carbonyl (C=O) groups excluding carboxylic acids is 1. The molecule has 0 bridgehead atoms. The number of carboxylic acid groups (broad SMARTS) is 1. The van der Waals surface area contributed by atoms with Crippen LogP contribution in [0, 0.1) is 11.7 Å². The van der Waals surface area contributed by atoms with Gasteiger partial charge in [-0.3, -0.25) is 9.59 Å². The summed E-state index contributed by atoms with van der Waals surface area (Å²) >= 11 is 0. The third-order valence-corrected chi connectivity index (χ3v) is 5.00. The van der Waals surface area contributed by atoms with E-state index in [0.717, 1.165) is 24.0 Å². The number of carbonyl (C=O) groups is 2. The fourth-order valence-corrected chi connectivity index (χ4v) is 3.34. The molecule has 6 heteroatoms. The molecule has 0 unspecified atom stereocenters. The van der Waals surface area contributed by atoms with Gasteiger partial charge in [0.1, 0.15) is 11.6 Å². The molecule has 148 valence electrons. The molecule has 2 aromatic rings. The van der Waals surface area contributed by atoms with Gasteiger partial charge in [-0.1, -0.05) is 24.3 Å². The number of rotatable bonds is 8. The highest BCUT2D eigenvalue weighted by atomic mass is 19.1. The van der Waals surface area contributed by atoms with Crippen LogP contribution in [0.1, 0.15) is 30.9 Å². The maximum atomic E-state index is 14.3. The maximum absolute atomic E-state index is 14.3. The molecule has 5 nitrogen and oxygen atoms in total. The molecule has 0 aromatic heterocycles. The fourth-order valence-electron chi connectivity index (χ4n) is 3.34. The molecular formula is C22H24FNO4. The Morgan fingerprint density at radius 2 is 1.89 bits per heavy atom. The van der Waals surface area contributed by atoms with Crippen molar-refractivity contribution in [3.05, 3.63) is 53.3 Å². The summed E-state index contributed by atoms with van der Waals surface area (Å²) in [5.41, 5.74) is 2.42. The van der Waals surface area contributed by atoms with E-state index in [1.165, 1.54) is 19.2 Å². The van der Waals surface area contributed by atoms with Crippen LogP contribution < -0.4 is 4.74 Å². The van der Waals surface area contributed by atoms with Gasteiger partial charge < -0.3 is 14.7 Å². The van der Waals surface area contributed by atoms with E-state index in [-0.39, 0.29) is 17.4 Å². The second kappa shape index (κ2) is 8.42. The predicted molar refractivity (Wildman–Crippen MR) is 104 cm³/mol. The second-order valence-electron chi connectivity index (χ2n) is 7.00. The molecule has 0 radical (unpaired) electrons. The SMILES string of the molecule is CCN(Cc1ccccc1-c1cc(CC(=O)O)c(F)cc1OC)C(=O)C1CC1. The van der Waals surface area contributed by atoms with Gasteiger partial charge in [0.25, 0.3) is 0 Å². The van der Waals surface area contributed by atoms with Crippen LogP contribution in [0.2, 0.25) is 0 Å². The number of methoxy groups -OCH3 is 1. The molecule has 3 rings (SSSR count). The molecule has 1 aliphatic carbocycles. The molecule has 1 fully saturated rings. The standard InChI is InChI=1S/C22H24FNO4/c1-3-24(22(27)14-8-9-14)13-15-6-4-5-7-17(15)18-10-16(11-21(25)26)19(23)12-20(18)28-2/h4-7,10,12,14H,3,8-9,11,13H2,1-2H3,(H,25,26). The summed E-state index contributed by atoms with van der Waals surface area (Å²) in [5, 5.41) is 9.06. The molecule has 1 aliphatic rings. The first-order valence-corrected chi connectivity index (χ1v) is 9.39. The molecule has 1 amide bonds. The predicted octanol–water partition coefficient (Wildman–Crippen LogP) is 3.89. The number of amides is 1. The fraction of sp³-hybridized carbons (Fsp3) is 0.364. The highest BCUT2D eigenvalue weighted by Crippen LogP contribution is 2.36. The van der Waals surface area contributed by atoms with Gasteiger partial charge >= 0.3 is 5.97 Å². The molecule has 28 heavy (non-hydrogen) atoms. The zero-order valence-corrected chi connectivity index (χ0v) is 16.1. The molecule has 0 saturated heterocycles. The molecule has 1 saturated carbocycles. The van der Waals surface area contributed by atoms with Gasteiger partial charge in [-0.05, 0) is 42.5 Å². The number of hydrogen-bond acceptors (Lipinski definition) is 3. The lowest BCUT2D eigenvalue weighted by Crippen LogP contribution is -2.31. The highest BCUT2D eigenvalue weighted by Gasteiger charge is 2.33. The minimum atomic E-state index is -1.10. The van der Waals surface area contributed by atoms with E-state index in [0.29, 0.717) is 24.4 Å². The van der Waals surface area contributed by atoms with Crippen molar-refractivity contribution in [3.63, 3.8) is 0 Å². The average molecular weight is 385 g/mol. The third-order valence-electron chi connectivity index (χ3n) is 5.00. The van der Waals surface area contributed by atoms with Crippen molar-refractivity contribution >= 4 is 11.9 Å². The highest BCUT2D eigenvalue weighted by molar-refractivity contribution is 5.82. The Hall–Kier alpha value is -2.89. The quantitative estimate of drug-likeness (QED) is 0.749. The van der Waals surface area contributed by atoms with Crippen molar-refractivity contribution in [1.82, 2.24) is 4.90 Å². The van der Waals surface area contributed by atoms with E-state index in [1.807, 2.05) is 36.1 Å². The number of nitrogens with zero attached hydrogens (tertiary/aromatic N) is 1. The molecule has 0 spiro atoms. The Balaban J connectivity index is 2.01. The zero-order valence-electron chi connectivity index (χ0n) is 16.1. The number of aliphatic carboxylic acids is 1. The van der Waals surface area contributed by atoms with Crippen molar-refractivity contribution < 1.29 is 23.8 Å². The van der Waals surface area contributed by atoms with Gasteiger partial charge in [-0.15, -0.1) is 0 Å². The lowest BCUT2D eigenvalue weighted by Gasteiger charge is -2.23. The van der Waals surface area contributed by atoms with Crippen LogP contribution in [0.5, 0.6) is 5.75 Å². The average Bonchev–Trinajstić information content (AvgIpc) is 3.52. The van der Waals surface area contributed by atoms with Gasteiger partial charge in [0.05, 0.1) is 13.5 Å². The molecule has 1 N–H and O–H groups in total. The van der Waals surface area contributed by atoms with Crippen molar-refractivity contribution in [2.45, 2.75) is 32.7 Å². The summed E-state index contributed by atoms with van der Waals surface area (Å²) < 4.78 is 19.6. The topological polar surface area (TPSA) is 66.8 Å². The van der Waals surface area contributed by atoms with Crippen molar-refractivity contribution in [1.29, 1.82) is 0 Å². The van der Waals surface area contributed by atoms with Crippen LogP contribution in [0.3, 0.4) is 0 Å². The summed E-state index contributed by atoms with van der Waals surface area (Å²) in [7, 11) is 1.45. The third kappa shape index (κ3) is 4.32. The number of carboxylic acids is 1. The first-order valence-electron chi connectivity index (χ1n) is 9.39. The number of hydrogen-bond donors (Lipinski definition) is 1. The van der Waals surface area contributed by atoms with E-state index < -0.39 is 18.2 Å². The van der Waals surface area contributed by atoms with E-state index >= 15 is 0 Å². The molecule has 2 aromatic carbocycles. The minimum Gasteiger partial charge on any atom is -0.496 e. The number of ether oxygens (including phenoxy) is 1. The summed E-state index contributed by atoms with van der Waals surface area (Å²) in [6.07, 6.45) is 1.48. The molecule has 0 aliphatic heterocycles. The summed E-state index contributed by atoms with van der Waals surface area (Å²) in [6.45, 7) is 3.00. The number of benzene rings is 2. The first kappa shape index (κ1) is 19.9. The normalized spacial score (nSPS) is 13.2. The van der Waals surface area contributed by atoms with Gasteiger partial charge in [-0.25, -0.2) is 4.39 Å². The van der Waals surface area contributed by atoms with Gasteiger partial charge in [-0.2, -0.15) is 0 Å². The van der Waals surface area contributed by atoms with Crippen molar-refractivity contribution in [2.24, 2.45) is 5.92 Å². The van der Waals surface area contributed by atoms with Crippen molar-refractivity contribution in [3.8, 4) is 16.9 Å². The van der Waals surface area contributed by atoms with Gasteiger partial charge in [0, 0.05) is 30.6 Å². The molecular weight excluding hydrogens is 361 g/mol. The summed E-state index contributed by atoms with van der Waals surface area (Å²) in [4.78, 5) is 25.4. The monoisotopic (exact) mass is 385 g/mol. The number of halogens is 1. The van der Waals surface area contributed by atoms with E-state index in [1.54, 1.807) is 0 Å². The first-order chi connectivity index (χ1) is 13.4. The molecule has 0 heterocycles. The summed E-state index contributed by atoms with van der Waals surface area (Å²) in [5.74, 6) is -1.09. The van der Waals surface area contributed by atoms with E-state index in [4.69, 9.17) is 9.84 Å². The second-order valence-corrected chi connectivity index (χ2v) is 7.00. The van der Waals surface area contributed by atoms with Gasteiger partial charge in [0.2, 0.25) is 5.91 Å². The Morgan fingerprint density at radius 3 is 2.50 bits per heavy atom. The Morgan fingerprint density at radius 1 is 1.18 bits per heavy atom. The molecule has 0 atom stereocenters.